The topological polar surface area (TPSA) is 59.1 Å². The molecule has 5 heteroatoms. The highest BCUT2D eigenvalue weighted by Crippen LogP contribution is 2.25. The number of hydrogen-bond donors (Lipinski definition) is 2. The largest absolute Gasteiger partial charge is 0.379 e. The van der Waals surface area contributed by atoms with E-state index in [1.807, 2.05) is 6.07 Å². The second-order valence-corrected chi connectivity index (χ2v) is 4.89. The van der Waals surface area contributed by atoms with E-state index < -0.39 is 0 Å². The zero-order chi connectivity index (χ0) is 13.7. The van der Waals surface area contributed by atoms with Gasteiger partial charge in [0.1, 0.15) is 17.5 Å². The molecule has 0 radical (unpaired) electrons. The van der Waals surface area contributed by atoms with Crippen molar-refractivity contribution in [2.75, 3.05) is 24.3 Å². The molecule has 0 aliphatic heterocycles. The zero-order valence-electron chi connectivity index (χ0n) is 12.1. The van der Waals surface area contributed by atoms with Crippen LogP contribution in [0, 0.1) is 0 Å². The van der Waals surface area contributed by atoms with Gasteiger partial charge in [-0.1, -0.05) is 6.92 Å². The van der Waals surface area contributed by atoms with Gasteiger partial charge in [0.15, 0.2) is 0 Å². The van der Waals surface area contributed by atoms with E-state index in [1.165, 1.54) is 6.42 Å². The summed E-state index contributed by atoms with van der Waals surface area (Å²) in [6, 6.07) is 2.34. The molecule has 2 atom stereocenters. The minimum absolute atomic E-state index is 0.294. The van der Waals surface area contributed by atoms with Crippen LogP contribution >= 0.6 is 0 Å². The van der Waals surface area contributed by atoms with Crippen LogP contribution in [0.3, 0.4) is 0 Å². The molecule has 0 bridgehead atoms. The molecular weight excluding hydrogens is 240 g/mol. The summed E-state index contributed by atoms with van der Waals surface area (Å²) in [4.78, 5) is 9.01. The molecule has 106 valence electrons. The van der Waals surface area contributed by atoms with Crippen LogP contribution < -0.4 is 10.6 Å². The lowest BCUT2D eigenvalue weighted by molar-refractivity contribution is 0.101. The van der Waals surface area contributed by atoms with Crippen LogP contribution in [-0.2, 0) is 11.2 Å². The monoisotopic (exact) mass is 264 g/mol. The minimum Gasteiger partial charge on any atom is -0.379 e. The molecule has 2 unspecified atom stereocenters. The molecule has 1 saturated carbocycles. The Kier molecular flexibility index (Phi) is 4.96. The van der Waals surface area contributed by atoms with Crippen molar-refractivity contribution < 1.29 is 4.74 Å². The highest BCUT2D eigenvalue weighted by Gasteiger charge is 2.27. The van der Waals surface area contributed by atoms with Crippen molar-refractivity contribution >= 4 is 11.6 Å². The van der Waals surface area contributed by atoms with Crippen molar-refractivity contribution in [1.82, 2.24) is 9.97 Å². The first-order chi connectivity index (χ1) is 9.26. The first kappa shape index (κ1) is 14.1. The molecule has 1 heterocycles. The Labute approximate surface area is 115 Å². The Morgan fingerprint density at radius 1 is 1.26 bits per heavy atom. The molecule has 2 N–H and O–H groups in total. The molecule has 2 rings (SSSR count). The Balaban J connectivity index is 2.12. The van der Waals surface area contributed by atoms with Crippen molar-refractivity contribution in [2.45, 2.75) is 51.7 Å². The van der Waals surface area contributed by atoms with Crippen molar-refractivity contribution in [2.24, 2.45) is 0 Å². The van der Waals surface area contributed by atoms with E-state index in [0.717, 1.165) is 43.3 Å². The lowest BCUT2D eigenvalue weighted by atomic mass is 10.2. The second kappa shape index (κ2) is 6.70. The SMILES string of the molecule is CCNc1cc(NC2CCCC2OC)nc(CC)n1. The summed E-state index contributed by atoms with van der Waals surface area (Å²) in [7, 11) is 1.78. The average Bonchev–Trinajstić information content (AvgIpc) is 2.86. The van der Waals surface area contributed by atoms with Gasteiger partial charge in [-0.3, -0.25) is 0 Å². The van der Waals surface area contributed by atoms with Gasteiger partial charge in [0, 0.05) is 26.1 Å². The molecule has 5 nitrogen and oxygen atoms in total. The van der Waals surface area contributed by atoms with E-state index in [9.17, 15) is 0 Å². The maximum absolute atomic E-state index is 5.51. The van der Waals surface area contributed by atoms with Gasteiger partial charge in [0.05, 0.1) is 12.1 Å². The quantitative estimate of drug-likeness (QED) is 0.826. The fourth-order valence-corrected chi connectivity index (χ4v) is 2.56. The molecule has 0 aromatic carbocycles. The Morgan fingerprint density at radius 2 is 2.05 bits per heavy atom. The van der Waals surface area contributed by atoms with Crippen molar-refractivity contribution in [3.05, 3.63) is 11.9 Å². The molecule has 1 aliphatic carbocycles. The Morgan fingerprint density at radius 3 is 2.74 bits per heavy atom. The molecule has 0 saturated heterocycles. The highest BCUT2D eigenvalue weighted by atomic mass is 16.5. The molecule has 0 spiro atoms. The maximum Gasteiger partial charge on any atom is 0.132 e. The zero-order valence-corrected chi connectivity index (χ0v) is 12.1. The predicted octanol–water partition coefficient (Wildman–Crippen LogP) is 2.45. The van der Waals surface area contributed by atoms with E-state index in [-0.39, 0.29) is 0 Å². The number of methoxy groups -OCH3 is 1. The van der Waals surface area contributed by atoms with Crippen molar-refractivity contribution in [3.8, 4) is 0 Å². The van der Waals surface area contributed by atoms with E-state index in [1.54, 1.807) is 7.11 Å². The maximum atomic E-state index is 5.51. The lowest BCUT2D eigenvalue weighted by Gasteiger charge is -2.20. The van der Waals surface area contributed by atoms with Crippen LogP contribution in [0.25, 0.3) is 0 Å². The van der Waals surface area contributed by atoms with Gasteiger partial charge in [-0.25, -0.2) is 9.97 Å². The van der Waals surface area contributed by atoms with Crippen LogP contribution in [0.4, 0.5) is 11.6 Å². The van der Waals surface area contributed by atoms with Crippen LogP contribution in [0.15, 0.2) is 6.07 Å². The second-order valence-electron chi connectivity index (χ2n) is 4.89. The smallest absolute Gasteiger partial charge is 0.132 e. The van der Waals surface area contributed by atoms with E-state index in [4.69, 9.17) is 4.74 Å². The van der Waals surface area contributed by atoms with Gasteiger partial charge in [-0.05, 0) is 26.2 Å². The third-order valence-electron chi connectivity index (χ3n) is 3.54. The number of rotatable bonds is 6. The third-order valence-corrected chi connectivity index (χ3v) is 3.54. The lowest BCUT2D eigenvalue weighted by Crippen LogP contribution is -2.30. The number of aryl methyl sites for hydroxylation is 1. The normalized spacial score (nSPS) is 22.5. The van der Waals surface area contributed by atoms with Gasteiger partial charge in [0.25, 0.3) is 0 Å². The fourth-order valence-electron chi connectivity index (χ4n) is 2.56. The summed E-state index contributed by atoms with van der Waals surface area (Å²) in [5.41, 5.74) is 0. The van der Waals surface area contributed by atoms with Crippen LogP contribution in [-0.4, -0.2) is 35.8 Å². The van der Waals surface area contributed by atoms with Crippen molar-refractivity contribution in [1.29, 1.82) is 0 Å². The molecule has 1 fully saturated rings. The van der Waals surface area contributed by atoms with Gasteiger partial charge in [0.2, 0.25) is 0 Å². The van der Waals surface area contributed by atoms with Crippen LogP contribution in [0.1, 0.15) is 38.9 Å². The summed E-state index contributed by atoms with van der Waals surface area (Å²) in [6.07, 6.45) is 4.61. The molecule has 0 amide bonds. The number of aromatic nitrogens is 2. The standard InChI is InChI=1S/C14H24N4O/c1-4-12-17-13(15-5-2)9-14(18-12)16-10-7-6-8-11(10)19-3/h9-11H,4-8H2,1-3H3,(H2,15,16,17,18). The van der Waals surface area contributed by atoms with Gasteiger partial charge in [-0.2, -0.15) is 0 Å². The summed E-state index contributed by atoms with van der Waals surface area (Å²) >= 11 is 0. The van der Waals surface area contributed by atoms with Crippen molar-refractivity contribution in [3.63, 3.8) is 0 Å². The Hall–Kier alpha value is -1.36. The summed E-state index contributed by atoms with van der Waals surface area (Å²) in [5, 5.41) is 6.75. The number of hydrogen-bond acceptors (Lipinski definition) is 5. The molecular formula is C14H24N4O. The summed E-state index contributed by atoms with van der Waals surface area (Å²) < 4.78 is 5.51. The van der Waals surface area contributed by atoms with Gasteiger partial charge >= 0.3 is 0 Å². The first-order valence-corrected chi connectivity index (χ1v) is 7.18. The minimum atomic E-state index is 0.294. The van der Waals surface area contributed by atoms with E-state index >= 15 is 0 Å². The summed E-state index contributed by atoms with van der Waals surface area (Å²) in [6.45, 7) is 5.00. The molecule has 1 aliphatic rings. The average molecular weight is 264 g/mol. The molecule has 1 aromatic heterocycles. The first-order valence-electron chi connectivity index (χ1n) is 7.18. The number of ether oxygens (including phenoxy) is 1. The Bertz CT molecular complexity index is 410. The predicted molar refractivity (Wildman–Crippen MR) is 77.6 cm³/mol. The third kappa shape index (κ3) is 3.56. The van der Waals surface area contributed by atoms with Crippen LogP contribution in [0.2, 0.25) is 0 Å². The number of nitrogens with zero attached hydrogens (tertiary/aromatic N) is 2. The van der Waals surface area contributed by atoms with E-state index in [2.05, 4.69) is 34.4 Å². The fraction of sp³-hybridized carbons (Fsp3) is 0.714. The molecule has 19 heavy (non-hydrogen) atoms. The van der Waals surface area contributed by atoms with Gasteiger partial charge in [-0.15, -0.1) is 0 Å². The number of anilines is 2. The van der Waals surface area contributed by atoms with E-state index in [0.29, 0.717) is 12.1 Å². The molecule has 1 aromatic rings. The van der Waals surface area contributed by atoms with Crippen LogP contribution in [0.5, 0.6) is 0 Å². The number of nitrogens with one attached hydrogen (secondary N) is 2. The summed E-state index contributed by atoms with van der Waals surface area (Å²) in [5.74, 6) is 2.66. The highest BCUT2D eigenvalue weighted by molar-refractivity contribution is 5.48. The van der Waals surface area contributed by atoms with Gasteiger partial charge < -0.3 is 15.4 Å².